The molecule has 0 nitrogen and oxygen atoms in total. The first-order chi connectivity index (χ1) is 11.0. The lowest BCUT2D eigenvalue weighted by molar-refractivity contribution is 1.27. The Bertz CT molecular complexity index is 1030. The van der Waals surface area contributed by atoms with Gasteiger partial charge in [-0.2, -0.15) is 0 Å². The van der Waals surface area contributed by atoms with E-state index in [0.717, 1.165) is 0 Å². The van der Waals surface area contributed by atoms with Crippen molar-refractivity contribution < 1.29 is 0 Å². The van der Waals surface area contributed by atoms with Crippen LogP contribution in [0.2, 0.25) is 0 Å². The van der Waals surface area contributed by atoms with E-state index in [1.54, 1.807) is 0 Å². The van der Waals surface area contributed by atoms with Gasteiger partial charge in [0.05, 0.1) is 0 Å². The molecule has 0 spiro atoms. The summed E-state index contributed by atoms with van der Waals surface area (Å²) in [5, 5.41) is 2.76. The minimum Gasteiger partial charge on any atom is -0.135 e. The van der Waals surface area contributed by atoms with Gasteiger partial charge in [-0.25, -0.2) is 0 Å². The van der Waals surface area contributed by atoms with Gasteiger partial charge < -0.3 is 0 Å². The molecule has 0 N–H and O–H groups in total. The van der Waals surface area contributed by atoms with Gasteiger partial charge >= 0.3 is 0 Å². The average Bonchev–Trinajstić information content (AvgIpc) is 2.89. The number of hydrogen-bond donors (Lipinski definition) is 0. The van der Waals surface area contributed by atoms with Crippen molar-refractivity contribution in [3.63, 3.8) is 0 Å². The van der Waals surface area contributed by atoms with Crippen LogP contribution in [0.3, 0.4) is 0 Å². The van der Waals surface area contributed by atoms with Crippen LogP contribution in [0.25, 0.3) is 31.3 Å². The SMILES string of the molecule is Cc1ccc2sc3cc(-c4cc(C)c(C)c(C)c4)ccc3c2c1. The summed E-state index contributed by atoms with van der Waals surface area (Å²) in [5.41, 5.74) is 8.09. The monoisotopic (exact) mass is 316 g/mol. The molecule has 4 rings (SSSR count). The lowest BCUT2D eigenvalue weighted by Gasteiger charge is -2.09. The number of fused-ring (bicyclic) bond motifs is 3. The first-order valence-corrected chi connectivity index (χ1v) is 8.86. The third-order valence-corrected chi connectivity index (χ3v) is 6.02. The van der Waals surface area contributed by atoms with Crippen LogP contribution < -0.4 is 0 Å². The van der Waals surface area contributed by atoms with Crippen LogP contribution in [0, 0.1) is 27.7 Å². The number of aryl methyl sites for hydroxylation is 3. The van der Waals surface area contributed by atoms with Crippen molar-refractivity contribution in [2.75, 3.05) is 0 Å². The van der Waals surface area contributed by atoms with Gasteiger partial charge in [0, 0.05) is 20.2 Å². The van der Waals surface area contributed by atoms with Crippen molar-refractivity contribution in [2.45, 2.75) is 27.7 Å². The molecule has 0 bridgehead atoms. The number of hydrogen-bond acceptors (Lipinski definition) is 1. The normalized spacial score (nSPS) is 11.5. The topological polar surface area (TPSA) is 0 Å². The molecular formula is C22H20S. The van der Waals surface area contributed by atoms with Gasteiger partial charge in [0.25, 0.3) is 0 Å². The Hall–Kier alpha value is -2.12. The number of thiophene rings is 1. The smallest absolute Gasteiger partial charge is 0.0361 e. The molecule has 3 aromatic carbocycles. The van der Waals surface area contributed by atoms with E-state index >= 15 is 0 Å². The Labute approximate surface area is 141 Å². The number of benzene rings is 3. The van der Waals surface area contributed by atoms with Gasteiger partial charge in [-0.05, 0) is 73.7 Å². The molecule has 0 unspecified atom stereocenters. The predicted octanol–water partition coefficient (Wildman–Crippen LogP) is 6.96. The molecule has 1 heteroatoms. The summed E-state index contributed by atoms with van der Waals surface area (Å²) in [5.74, 6) is 0. The molecule has 23 heavy (non-hydrogen) atoms. The fourth-order valence-electron chi connectivity index (χ4n) is 3.27. The van der Waals surface area contributed by atoms with Crippen LogP contribution in [0.15, 0.2) is 48.5 Å². The van der Waals surface area contributed by atoms with E-state index in [9.17, 15) is 0 Å². The van der Waals surface area contributed by atoms with Gasteiger partial charge in [-0.1, -0.05) is 35.9 Å². The highest BCUT2D eigenvalue weighted by atomic mass is 32.1. The summed E-state index contributed by atoms with van der Waals surface area (Å²) in [7, 11) is 0. The Morgan fingerprint density at radius 3 is 2.09 bits per heavy atom. The lowest BCUT2D eigenvalue weighted by Crippen LogP contribution is -1.88. The molecule has 1 aromatic heterocycles. The van der Waals surface area contributed by atoms with Gasteiger partial charge in [0.15, 0.2) is 0 Å². The highest BCUT2D eigenvalue weighted by Crippen LogP contribution is 2.37. The van der Waals surface area contributed by atoms with Crippen LogP contribution >= 0.6 is 11.3 Å². The molecule has 1 heterocycles. The summed E-state index contributed by atoms with van der Waals surface area (Å²) in [6.07, 6.45) is 0. The van der Waals surface area contributed by atoms with Crippen LogP contribution in [-0.4, -0.2) is 0 Å². The van der Waals surface area contributed by atoms with E-state index in [-0.39, 0.29) is 0 Å². The maximum absolute atomic E-state index is 2.35. The third-order valence-electron chi connectivity index (χ3n) is 4.89. The van der Waals surface area contributed by atoms with Crippen molar-refractivity contribution in [1.82, 2.24) is 0 Å². The average molecular weight is 316 g/mol. The van der Waals surface area contributed by atoms with Gasteiger partial charge in [-0.15, -0.1) is 11.3 Å². The fraction of sp³-hybridized carbons (Fsp3) is 0.182. The maximum atomic E-state index is 2.35. The molecule has 0 atom stereocenters. The molecule has 0 fully saturated rings. The highest BCUT2D eigenvalue weighted by molar-refractivity contribution is 7.25. The molecule has 0 saturated carbocycles. The standard InChI is InChI=1S/C22H20S/c1-13-5-8-21-20(9-13)19-7-6-17(12-22(19)23-21)18-10-14(2)16(4)15(3)11-18/h5-12H,1-4H3. The second-order valence-electron chi connectivity index (χ2n) is 6.55. The van der Waals surface area contributed by atoms with Gasteiger partial charge in [0.1, 0.15) is 0 Å². The highest BCUT2D eigenvalue weighted by Gasteiger charge is 2.08. The third kappa shape index (κ3) is 2.36. The van der Waals surface area contributed by atoms with E-state index in [0.29, 0.717) is 0 Å². The Kier molecular flexibility index (Phi) is 3.28. The minimum absolute atomic E-state index is 1.31. The zero-order chi connectivity index (χ0) is 16.1. The first-order valence-electron chi connectivity index (χ1n) is 8.04. The van der Waals surface area contributed by atoms with Crippen molar-refractivity contribution in [3.8, 4) is 11.1 Å². The van der Waals surface area contributed by atoms with Crippen LogP contribution in [0.4, 0.5) is 0 Å². The summed E-state index contributed by atoms with van der Waals surface area (Å²) >= 11 is 1.89. The van der Waals surface area contributed by atoms with Crippen molar-refractivity contribution in [1.29, 1.82) is 0 Å². The van der Waals surface area contributed by atoms with E-state index in [2.05, 4.69) is 76.2 Å². The Morgan fingerprint density at radius 1 is 0.609 bits per heavy atom. The molecule has 0 amide bonds. The molecule has 0 aliphatic carbocycles. The molecular weight excluding hydrogens is 296 g/mol. The molecule has 4 aromatic rings. The van der Waals surface area contributed by atoms with Crippen molar-refractivity contribution in [3.05, 3.63) is 70.8 Å². The minimum atomic E-state index is 1.31. The van der Waals surface area contributed by atoms with E-state index in [1.807, 2.05) is 11.3 Å². The summed E-state index contributed by atoms with van der Waals surface area (Å²) in [6, 6.07) is 18.3. The molecule has 0 aliphatic heterocycles. The van der Waals surface area contributed by atoms with Gasteiger partial charge in [-0.3, -0.25) is 0 Å². The van der Waals surface area contributed by atoms with E-state index < -0.39 is 0 Å². The quantitative estimate of drug-likeness (QED) is 0.356. The second-order valence-corrected chi connectivity index (χ2v) is 7.63. The Morgan fingerprint density at radius 2 is 1.35 bits per heavy atom. The molecule has 0 saturated heterocycles. The van der Waals surface area contributed by atoms with Gasteiger partial charge in [0.2, 0.25) is 0 Å². The van der Waals surface area contributed by atoms with Crippen LogP contribution in [-0.2, 0) is 0 Å². The lowest BCUT2D eigenvalue weighted by atomic mass is 9.96. The fourth-order valence-corrected chi connectivity index (χ4v) is 4.40. The Balaban J connectivity index is 1.94. The molecule has 114 valence electrons. The maximum Gasteiger partial charge on any atom is 0.0361 e. The van der Waals surface area contributed by atoms with E-state index in [1.165, 1.54) is 53.6 Å². The van der Waals surface area contributed by atoms with Crippen molar-refractivity contribution >= 4 is 31.5 Å². The zero-order valence-electron chi connectivity index (χ0n) is 14.0. The van der Waals surface area contributed by atoms with E-state index in [4.69, 9.17) is 0 Å². The summed E-state index contributed by atoms with van der Waals surface area (Å²) < 4.78 is 2.75. The summed E-state index contributed by atoms with van der Waals surface area (Å²) in [6.45, 7) is 8.76. The largest absolute Gasteiger partial charge is 0.135 e. The summed E-state index contributed by atoms with van der Waals surface area (Å²) in [4.78, 5) is 0. The predicted molar refractivity (Wildman–Crippen MR) is 104 cm³/mol. The zero-order valence-corrected chi connectivity index (χ0v) is 14.8. The number of rotatable bonds is 1. The molecule has 0 aliphatic rings. The second kappa shape index (κ2) is 5.21. The molecule has 0 radical (unpaired) electrons. The van der Waals surface area contributed by atoms with Crippen LogP contribution in [0.5, 0.6) is 0 Å². The van der Waals surface area contributed by atoms with Crippen LogP contribution in [0.1, 0.15) is 22.3 Å². The first kappa shape index (κ1) is 14.5. The van der Waals surface area contributed by atoms with Crippen molar-refractivity contribution in [2.24, 2.45) is 0 Å².